The lowest BCUT2D eigenvalue weighted by molar-refractivity contribution is 0.201. The highest BCUT2D eigenvalue weighted by molar-refractivity contribution is 7.58. The van der Waals surface area contributed by atoms with E-state index >= 15 is 0 Å². The monoisotopic (exact) mass is 340 g/mol. The highest BCUT2D eigenvalue weighted by atomic mass is 31.2. The van der Waals surface area contributed by atoms with Crippen LogP contribution in [-0.2, 0) is 18.3 Å². The van der Waals surface area contributed by atoms with E-state index in [1.807, 2.05) is 30.3 Å². The van der Waals surface area contributed by atoms with E-state index in [-0.39, 0.29) is 18.5 Å². The van der Waals surface area contributed by atoms with Crippen molar-refractivity contribution in [3.8, 4) is 0 Å². The van der Waals surface area contributed by atoms with Gasteiger partial charge in [0.25, 0.3) is 0 Å². The van der Waals surface area contributed by atoms with Crippen LogP contribution in [0.1, 0.15) is 26.3 Å². The fourth-order valence-electron chi connectivity index (χ4n) is 1.86. The number of hydrogen-bond donors (Lipinski definition) is 1. The maximum Gasteiger partial charge on any atom is 0.363 e. The summed E-state index contributed by atoms with van der Waals surface area (Å²) in [6.07, 6.45) is 3.41. The van der Waals surface area contributed by atoms with Crippen molar-refractivity contribution < 1.29 is 23.5 Å². The van der Waals surface area contributed by atoms with Crippen LogP contribution in [0.15, 0.2) is 48.0 Å². The smallest absolute Gasteiger partial charge is 0.363 e. The molecule has 0 spiro atoms. The Labute approximate surface area is 138 Å². The van der Waals surface area contributed by atoms with E-state index in [9.17, 15) is 9.67 Å². The Balaban J connectivity index is 3.04. The van der Waals surface area contributed by atoms with Gasteiger partial charge in [0.05, 0.1) is 26.1 Å². The summed E-state index contributed by atoms with van der Waals surface area (Å²) in [5.41, 5.74) is 0.921. The van der Waals surface area contributed by atoms with Crippen LogP contribution in [0.4, 0.5) is 0 Å². The maximum atomic E-state index is 12.9. The van der Waals surface area contributed by atoms with Crippen LogP contribution in [0, 0.1) is 0 Å². The van der Waals surface area contributed by atoms with Crippen molar-refractivity contribution in [2.24, 2.45) is 0 Å². The van der Waals surface area contributed by atoms with Gasteiger partial charge in [0, 0.05) is 0 Å². The molecule has 0 saturated heterocycles. The van der Waals surface area contributed by atoms with Crippen molar-refractivity contribution in [3.63, 3.8) is 0 Å². The van der Waals surface area contributed by atoms with E-state index in [1.165, 1.54) is 12.3 Å². The summed E-state index contributed by atoms with van der Waals surface area (Å²) >= 11 is 0. The molecule has 0 aromatic heterocycles. The Morgan fingerprint density at radius 2 is 1.74 bits per heavy atom. The Bertz CT molecular complexity index is 543. The molecule has 0 aliphatic rings. The van der Waals surface area contributed by atoms with Crippen LogP contribution in [0.5, 0.6) is 0 Å². The Morgan fingerprint density at radius 1 is 1.13 bits per heavy atom. The lowest BCUT2D eigenvalue weighted by Gasteiger charge is -2.22. The summed E-state index contributed by atoms with van der Waals surface area (Å²) in [4.78, 5) is 0. The highest BCUT2D eigenvalue weighted by Crippen LogP contribution is 2.57. The third kappa shape index (κ3) is 6.32. The molecule has 0 radical (unpaired) electrons. The number of ether oxygens (including phenoxy) is 1. The van der Waals surface area contributed by atoms with Gasteiger partial charge in [-0.3, -0.25) is 4.57 Å². The summed E-state index contributed by atoms with van der Waals surface area (Å²) in [6, 6.07) is 9.51. The molecule has 1 N–H and O–H groups in total. The van der Waals surface area contributed by atoms with Crippen LogP contribution in [0.2, 0.25) is 0 Å². The van der Waals surface area contributed by atoms with Gasteiger partial charge in [0.1, 0.15) is 11.4 Å². The summed E-state index contributed by atoms with van der Waals surface area (Å²) < 4.78 is 28.7. The number of aliphatic hydroxyl groups excluding tert-OH is 1. The number of rotatable bonds is 10. The topological polar surface area (TPSA) is 65.0 Å². The fourth-order valence-corrected chi connectivity index (χ4v) is 3.52. The minimum absolute atomic E-state index is 0.0928. The Hall–Kier alpha value is -1.39. The van der Waals surface area contributed by atoms with E-state index in [2.05, 4.69) is 0 Å². The van der Waals surface area contributed by atoms with Crippen LogP contribution >= 0.6 is 7.60 Å². The van der Waals surface area contributed by atoms with Gasteiger partial charge in [-0.1, -0.05) is 42.5 Å². The first-order valence-corrected chi connectivity index (χ1v) is 9.24. The summed E-state index contributed by atoms with van der Waals surface area (Å²) in [5.74, 6) is 0. The molecule has 6 heteroatoms. The van der Waals surface area contributed by atoms with Gasteiger partial charge < -0.3 is 18.9 Å². The molecule has 1 unspecified atom stereocenters. The largest absolute Gasteiger partial charge is 0.501 e. The SMILES string of the molecule is CCO/C=C(\C(O)/C=C/c1ccccc1)P(=O)(OCC)OCC. The normalized spacial score (nSPS) is 14.2. The second kappa shape index (κ2) is 10.4. The predicted octanol–water partition coefficient (Wildman–Crippen LogP) is 4.20. The van der Waals surface area contributed by atoms with Gasteiger partial charge in [0.2, 0.25) is 0 Å². The zero-order valence-electron chi connectivity index (χ0n) is 13.8. The number of hydrogen-bond acceptors (Lipinski definition) is 5. The van der Waals surface area contributed by atoms with Gasteiger partial charge in [-0.15, -0.1) is 0 Å². The maximum absolute atomic E-state index is 12.9. The average molecular weight is 340 g/mol. The zero-order chi connectivity index (χ0) is 17.1. The minimum atomic E-state index is -3.60. The van der Waals surface area contributed by atoms with Gasteiger partial charge in [-0.05, 0) is 26.3 Å². The standard InChI is InChI=1S/C17H25O5P/c1-4-20-14-17(23(19,21-5-2)22-6-3)16(18)13-12-15-10-8-7-9-11-15/h7-14,16,18H,4-6H2,1-3H3/b13-12+,17-14+. The predicted molar refractivity (Wildman–Crippen MR) is 92.1 cm³/mol. The molecule has 0 amide bonds. The van der Waals surface area contributed by atoms with Crippen LogP contribution < -0.4 is 0 Å². The van der Waals surface area contributed by atoms with E-state index in [1.54, 1.807) is 26.8 Å². The molecule has 5 nitrogen and oxygen atoms in total. The number of aliphatic hydroxyl groups is 1. The Morgan fingerprint density at radius 3 is 2.26 bits per heavy atom. The third-order valence-electron chi connectivity index (χ3n) is 2.86. The van der Waals surface area contributed by atoms with Crippen molar-refractivity contribution >= 4 is 13.7 Å². The minimum Gasteiger partial charge on any atom is -0.501 e. The molecular weight excluding hydrogens is 315 g/mol. The molecule has 0 fully saturated rings. The van der Waals surface area contributed by atoms with Crippen LogP contribution in [0.25, 0.3) is 6.08 Å². The van der Waals surface area contributed by atoms with Crippen molar-refractivity contribution in [1.82, 2.24) is 0 Å². The van der Waals surface area contributed by atoms with Crippen molar-refractivity contribution in [3.05, 3.63) is 53.5 Å². The molecule has 1 atom stereocenters. The van der Waals surface area contributed by atoms with Crippen molar-refractivity contribution in [2.45, 2.75) is 26.9 Å². The van der Waals surface area contributed by atoms with E-state index in [0.717, 1.165) is 5.56 Å². The molecule has 1 aromatic carbocycles. The molecule has 128 valence electrons. The molecule has 1 rings (SSSR count). The summed E-state index contributed by atoms with van der Waals surface area (Å²) in [5, 5.41) is 10.5. The van der Waals surface area contributed by atoms with Gasteiger partial charge in [-0.25, -0.2) is 0 Å². The van der Waals surface area contributed by atoms with Crippen molar-refractivity contribution in [1.29, 1.82) is 0 Å². The lowest BCUT2D eigenvalue weighted by atomic mass is 10.2. The molecule has 23 heavy (non-hydrogen) atoms. The molecular formula is C17H25O5P. The first-order chi connectivity index (χ1) is 11.1. The van der Waals surface area contributed by atoms with Gasteiger partial charge in [0.15, 0.2) is 0 Å². The fraction of sp³-hybridized carbons (Fsp3) is 0.412. The first kappa shape index (κ1) is 19.7. The van der Waals surface area contributed by atoms with E-state index in [0.29, 0.717) is 6.61 Å². The second-order valence-corrected chi connectivity index (χ2v) is 6.57. The molecule has 0 aliphatic carbocycles. The Kier molecular flexibility index (Phi) is 8.89. The van der Waals surface area contributed by atoms with E-state index < -0.39 is 13.7 Å². The second-order valence-electron chi connectivity index (χ2n) is 4.55. The molecule has 0 heterocycles. The average Bonchev–Trinajstić information content (AvgIpc) is 2.54. The number of benzene rings is 1. The molecule has 0 aliphatic heterocycles. The molecule has 0 saturated carbocycles. The summed E-state index contributed by atoms with van der Waals surface area (Å²) in [7, 11) is -3.60. The molecule has 1 aromatic rings. The van der Waals surface area contributed by atoms with E-state index in [4.69, 9.17) is 13.8 Å². The van der Waals surface area contributed by atoms with Crippen LogP contribution in [0.3, 0.4) is 0 Å². The van der Waals surface area contributed by atoms with Crippen LogP contribution in [-0.4, -0.2) is 31.0 Å². The van der Waals surface area contributed by atoms with Crippen molar-refractivity contribution in [2.75, 3.05) is 19.8 Å². The first-order valence-electron chi connectivity index (χ1n) is 7.70. The third-order valence-corrected chi connectivity index (χ3v) is 5.06. The van der Waals surface area contributed by atoms with Gasteiger partial charge >= 0.3 is 7.60 Å². The quantitative estimate of drug-likeness (QED) is 0.511. The molecule has 0 bridgehead atoms. The highest BCUT2D eigenvalue weighted by Gasteiger charge is 2.34. The van der Waals surface area contributed by atoms with Gasteiger partial charge in [-0.2, -0.15) is 0 Å². The summed E-state index contributed by atoms with van der Waals surface area (Å²) in [6.45, 7) is 6.03. The lowest BCUT2D eigenvalue weighted by Crippen LogP contribution is -2.12. The zero-order valence-corrected chi connectivity index (χ0v) is 14.7.